The highest BCUT2D eigenvalue weighted by atomic mass is 19.1. The molecular formula is C36H36FNO4. The molecule has 0 fully saturated rings. The summed E-state index contributed by atoms with van der Waals surface area (Å²) in [5.74, 6) is 0.613. The number of allylic oxidation sites excluding steroid dienone is 4. The van der Waals surface area contributed by atoms with Crippen molar-refractivity contribution in [2.75, 3.05) is 13.2 Å². The van der Waals surface area contributed by atoms with Crippen molar-refractivity contribution in [2.24, 2.45) is 0 Å². The molecule has 0 saturated heterocycles. The van der Waals surface area contributed by atoms with E-state index in [9.17, 15) is 14.0 Å². The first kappa shape index (κ1) is 28.0. The highest BCUT2D eigenvalue weighted by molar-refractivity contribution is 6.06. The lowest BCUT2D eigenvalue weighted by atomic mass is 9.71. The van der Waals surface area contributed by atoms with Crippen LogP contribution >= 0.6 is 0 Å². The molecule has 42 heavy (non-hydrogen) atoms. The predicted octanol–water partition coefficient (Wildman–Crippen LogP) is 7.46. The SMILES string of the molecule is CCOc1cc(C2C3=C(CCCC3=O)N(CCc3ccccc3)C3=C2C(=O)CCC3)ccc1OCc1cccc(F)c1. The van der Waals surface area contributed by atoms with Gasteiger partial charge in [0.2, 0.25) is 0 Å². The first-order valence-electron chi connectivity index (χ1n) is 15.0. The molecule has 0 amide bonds. The second-order valence-electron chi connectivity index (χ2n) is 11.2. The number of hydrogen-bond acceptors (Lipinski definition) is 5. The molecule has 5 nitrogen and oxygen atoms in total. The van der Waals surface area contributed by atoms with Gasteiger partial charge in [-0.3, -0.25) is 9.59 Å². The molecule has 0 aromatic heterocycles. The van der Waals surface area contributed by atoms with E-state index in [1.54, 1.807) is 6.07 Å². The van der Waals surface area contributed by atoms with E-state index in [0.717, 1.165) is 72.3 Å². The number of benzene rings is 3. The van der Waals surface area contributed by atoms with E-state index < -0.39 is 5.92 Å². The molecule has 1 aliphatic heterocycles. The van der Waals surface area contributed by atoms with Crippen molar-refractivity contribution in [1.82, 2.24) is 4.90 Å². The highest BCUT2D eigenvalue weighted by Crippen LogP contribution is 2.50. The van der Waals surface area contributed by atoms with Gasteiger partial charge in [-0.05, 0) is 80.0 Å². The van der Waals surface area contributed by atoms with Crippen molar-refractivity contribution in [2.45, 2.75) is 64.4 Å². The van der Waals surface area contributed by atoms with Gasteiger partial charge in [0, 0.05) is 47.8 Å². The lowest BCUT2D eigenvalue weighted by Crippen LogP contribution is -2.39. The lowest BCUT2D eigenvalue weighted by Gasteiger charge is -2.44. The predicted molar refractivity (Wildman–Crippen MR) is 160 cm³/mol. The molecule has 1 heterocycles. The minimum atomic E-state index is -0.417. The summed E-state index contributed by atoms with van der Waals surface area (Å²) in [6, 6.07) is 22.4. The van der Waals surface area contributed by atoms with Gasteiger partial charge >= 0.3 is 0 Å². The number of halogens is 1. The van der Waals surface area contributed by atoms with Crippen LogP contribution in [-0.4, -0.2) is 29.6 Å². The third kappa shape index (κ3) is 5.63. The Bertz CT molecular complexity index is 1510. The molecule has 0 N–H and O–H groups in total. The number of ether oxygens (including phenoxy) is 2. The lowest BCUT2D eigenvalue weighted by molar-refractivity contribution is -0.117. The van der Waals surface area contributed by atoms with E-state index in [2.05, 4.69) is 17.0 Å². The van der Waals surface area contributed by atoms with Gasteiger partial charge in [-0.1, -0.05) is 48.5 Å². The molecule has 0 atom stereocenters. The first-order chi connectivity index (χ1) is 20.5. The molecule has 0 radical (unpaired) electrons. The van der Waals surface area contributed by atoms with Crippen molar-refractivity contribution in [3.63, 3.8) is 0 Å². The fourth-order valence-electron chi connectivity index (χ4n) is 6.58. The molecule has 0 saturated carbocycles. The van der Waals surface area contributed by atoms with Gasteiger partial charge in [0.1, 0.15) is 12.4 Å². The number of rotatable bonds is 9. The summed E-state index contributed by atoms with van der Waals surface area (Å²) < 4.78 is 25.8. The van der Waals surface area contributed by atoms with Crippen LogP contribution in [0.15, 0.2) is 95.3 Å². The third-order valence-corrected chi connectivity index (χ3v) is 8.44. The molecule has 6 heteroatoms. The Morgan fingerprint density at radius 3 is 2.12 bits per heavy atom. The zero-order valence-corrected chi connectivity index (χ0v) is 24.0. The van der Waals surface area contributed by atoms with Gasteiger partial charge < -0.3 is 14.4 Å². The van der Waals surface area contributed by atoms with Crippen LogP contribution in [0.3, 0.4) is 0 Å². The fraction of sp³-hybridized carbons (Fsp3) is 0.333. The summed E-state index contributed by atoms with van der Waals surface area (Å²) in [6.07, 6.45) is 5.11. The Balaban J connectivity index is 1.39. The van der Waals surface area contributed by atoms with E-state index in [0.29, 0.717) is 30.9 Å². The maximum atomic E-state index is 13.7. The smallest absolute Gasteiger partial charge is 0.161 e. The summed E-state index contributed by atoms with van der Waals surface area (Å²) in [4.78, 5) is 29.7. The van der Waals surface area contributed by atoms with E-state index in [1.165, 1.54) is 17.7 Å². The Morgan fingerprint density at radius 1 is 0.762 bits per heavy atom. The Labute approximate surface area is 246 Å². The number of ketones is 2. The minimum Gasteiger partial charge on any atom is -0.490 e. The van der Waals surface area contributed by atoms with E-state index in [4.69, 9.17) is 9.47 Å². The van der Waals surface area contributed by atoms with Crippen LogP contribution in [0.1, 0.15) is 68.1 Å². The van der Waals surface area contributed by atoms with Crippen LogP contribution < -0.4 is 9.47 Å². The largest absolute Gasteiger partial charge is 0.490 e. The molecule has 0 unspecified atom stereocenters. The van der Waals surface area contributed by atoms with Crippen LogP contribution in [0.4, 0.5) is 4.39 Å². The van der Waals surface area contributed by atoms with E-state index in [-0.39, 0.29) is 24.0 Å². The van der Waals surface area contributed by atoms with Gasteiger partial charge in [-0.25, -0.2) is 4.39 Å². The van der Waals surface area contributed by atoms with Gasteiger partial charge in [0.05, 0.1) is 6.61 Å². The Hall–Kier alpha value is -4.19. The average Bonchev–Trinajstić information content (AvgIpc) is 3.00. The standard InChI is InChI=1S/C36H36FNO4/c1-2-41-33-22-26(17-18-32(33)42-23-25-11-6-12-27(37)21-25)34-35-28(13-7-15-30(35)39)38(20-19-24-9-4-3-5-10-24)29-14-8-16-31(40)36(29)34/h3-6,9-12,17-18,21-22,34H,2,7-8,13-16,19-20,23H2,1H3. The maximum absolute atomic E-state index is 13.7. The average molecular weight is 566 g/mol. The van der Waals surface area contributed by atoms with E-state index >= 15 is 0 Å². The van der Waals surface area contributed by atoms with E-state index in [1.807, 2.05) is 49.4 Å². The van der Waals surface area contributed by atoms with Crippen LogP contribution in [0.25, 0.3) is 0 Å². The quantitative estimate of drug-likeness (QED) is 0.270. The second kappa shape index (κ2) is 12.4. The minimum absolute atomic E-state index is 0.125. The monoisotopic (exact) mass is 565 g/mol. The highest BCUT2D eigenvalue weighted by Gasteiger charge is 2.43. The topological polar surface area (TPSA) is 55.8 Å². The van der Waals surface area contributed by atoms with Gasteiger partial charge in [-0.2, -0.15) is 0 Å². The molecular weight excluding hydrogens is 529 g/mol. The van der Waals surface area contributed by atoms with Crippen LogP contribution in [0, 0.1) is 5.82 Å². The Kier molecular flexibility index (Phi) is 8.22. The summed E-state index contributed by atoms with van der Waals surface area (Å²) in [7, 11) is 0. The van der Waals surface area contributed by atoms with Crippen LogP contribution in [-0.2, 0) is 22.6 Å². The molecule has 0 bridgehead atoms. The molecule has 3 aromatic rings. The molecule has 0 spiro atoms. The number of hydrogen-bond donors (Lipinski definition) is 0. The normalized spacial score (nSPS) is 17.3. The number of carbonyl (C=O) groups excluding carboxylic acids is 2. The van der Waals surface area contributed by atoms with Crippen LogP contribution in [0.5, 0.6) is 11.5 Å². The molecule has 2 aliphatic carbocycles. The molecule has 216 valence electrons. The summed E-state index contributed by atoms with van der Waals surface area (Å²) in [6.45, 7) is 3.27. The van der Waals surface area contributed by atoms with Crippen molar-refractivity contribution >= 4 is 11.6 Å². The van der Waals surface area contributed by atoms with Crippen molar-refractivity contribution in [1.29, 1.82) is 0 Å². The maximum Gasteiger partial charge on any atom is 0.161 e. The molecule has 3 aliphatic rings. The summed E-state index contributed by atoms with van der Waals surface area (Å²) in [5, 5.41) is 0. The van der Waals surface area contributed by atoms with Gasteiger partial charge in [0.15, 0.2) is 23.1 Å². The van der Waals surface area contributed by atoms with Crippen molar-refractivity contribution < 1.29 is 23.5 Å². The third-order valence-electron chi connectivity index (χ3n) is 8.44. The molecule has 6 rings (SSSR count). The summed E-state index contributed by atoms with van der Waals surface area (Å²) >= 11 is 0. The zero-order chi connectivity index (χ0) is 29.1. The zero-order valence-electron chi connectivity index (χ0n) is 24.0. The van der Waals surface area contributed by atoms with Crippen LogP contribution in [0.2, 0.25) is 0 Å². The number of nitrogens with zero attached hydrogens (tertiary/aromatic N) is 1. The number of carbonyl (C=O) groups is 2. The Morgan fingerprint density at radius 2 is 1.45 bits per heavy atom. The van der Waals surface area contributed by atoms with Crippen molar-refractivity contribution in [3.05, 3.63) is 118 Å². The second-order valence-corrected chi connectivity index (χ2v) is 11.2. The fourth-order valence-corrected chi connectivity index (χ4v) is 6.58. The summed E-state index contributed by atoms with van der Waals surface area (Å²) in [5.41, 5.74) is 6.50. The van der Waals surface area contributed by atoms with Gasteiger partial charge in [0.25, 0.3) is 0 Å². The van der Waals surface area contributed by atoms with Crippen molar-refractivity contribution in [3.8, 4) is 11.5 Å². The molecule has 3 aromatic carbocycles. The first-order valence-corrected chi connectivity index (χ1v) is 15.0. The van der Waals surface area contributed by atoms with Gasteiger partial charge in [-0.15, -0.1) is 0 Å². The number of Topliss-reactive ketones (excluding diaryl/α,β-unsaturated/α-hetero) is 2.